The molecule has 3 saturated carbocycles. The summed E-state index contributed by atoms with van der Waals surface area (Å²) in [6.07, 6.45) is -2.23. The van der Waals surface area contributed by atoms with Crippen LogP contribution in [0.1, 0.15) is 30.4 Å². The molecule has 0 radical (unpaired) electrons. The molecule has 6 rings (SSSR count). The monoisotopic (exact) mass is 530 g/mol. The van der Waals surface area contributed by atoms with E-state index in [0.29, 0.717) is 11.6 Å². The highest BCUT2D eigenvalue weighted by Crippen LogP contribution is 2.80. The molecule has 3 fully saturated rings. The summed E-state index contributed by atoms with van der Waals surface area (Å²) in [5, 5.41) is 21.6. The Morgan fingerprint density at radius 3 is 2.30 bits per heavy atom. The number of aliphatic hydroxyl groups is 1. The average molecular weight is 530 g/mol. The van der Waals surface area contributed by atoms with E-state index in [9.17, 15) is 27.1 Å². The van der Waals surface area contributed by atoms with Crippen molar-refractivity contribution in [3.8, 4) is 0 Å². The number of nitrogens with zero attached hydrogens (tertiary/aromatic N) is 6. The van der Waals surface area contributed by atoms with Crippen LogP contribution in [0.2, 0.25) is 0 Å². The number of halogens is 7. The van der Waals surface area contributed by atoms with Crippen LogP contribution < -0.4 is 4.90 Å². The third kappa shape index (κ3) is 3.92. The number of hydrogen-bond donors (Lipinski definition) is 1. The number of benzene rings is 1. The molecule has 1 atom stereocenters. The summed E-state index contributed by atoms with van der Waals surface area (Å²) in [5.74, 6) is -6.13. The van der Waals surface area contributed by atoms with Crippen molar-refractivity contribution in [1.82, 2.24) is 25.2 Å². The molecule has 3 aliphatic rings. The van der Waals surface area contributed by atoms with Gasteiger partial charge in [0.25, 0.3) is 5.92 Å². The van der Waals surface area contributed by atoms with Crippen molar-refractivity contribution < 1.29 is 35.8 Å². The van der Waals surface area contributed by atoms with E-state index in [1.165, 1.54) is 19.3 Å². The highest BCUT2D eigenvalue weighted by atomic mass is 19.4. The summed E-state index contributed by atoms with van der Waals surface area (Å²) < 4.78 is 99.4. The molecule has 0 aliphatic heterocycles. The molecule has 3 aliphatic carbocycles. The van der Waals surface area contributed by atoms with Crippen LogP contribution in [0.25, 0.3) is 0 Å². The number of anilines is 1. The summed E-state index contributed by atoms with van der Waals surface area (Å²) in [6, 6.07) is 4.94. The largest absolute Gasteiger partial charge is 0.405 e. The maximum atomic E-state index is 16.2. The average Bonchev–Trinajstić information content (AvgIpc) is 3.23. The van der Waals surface area contributed by atoms with Gasteiger partial charge in [0.05, 0.1) is 6.54 Å². The second-order valence-electron chi connectivity index (χ2n) is 10.0. The molecule has 1 N–H and O–H groups in total. The van der Waals surface area contributed by atoms with Crippen LogP contribution in [0.5, 0.6) is 0 Å². The van der Waals surface area contributed by atoms with Gasteiger partial charge in [0.2, 0.25) is 0 Å². The molecule has 0 saturated heterocycles. The Labute approximate surface area is 205 Å². The maximum Gasteiger partial charge on any atom is 0.405 e. The van der Waals surface area contributed by atoms with Crippen molar-refractivity contribution >= 4 is 5.82 Å². The number of pyridine rings is 1. The molecular weight excluding hydrogens is 509 g/mol. The van der Waals surface area contributed by atoms with Gasteiger partial charge in [0.1, 0.15) is 30.3 Å². The minimum absolute atomic E-state index is 0.0624. The lowest BCUT2D eigenvalue weighted by Crippen LogP contribution is -2.76. The van der Waals surface area contributed by atoms with Gasteiger partial charge in [-0.2, -0.15) is 13.2 Å². The van der Waals surface area contributed by atoms with Gasteiger partial charge in [-0.15, -0.1) is 5.10 Å². The zero-order valence-electron chi connectivity index (χ0n) is 19.4. The number of alkyl halides is 5. The van der Waals surface area contributed by atoms with E-state index in [-0.39, 0.29) is 25.1 Å². The SMILES string of the molecule is CN(CC(F)(F)F)c1ccc(C23CC(C(F)(F)[C@](O)(Cn4cnnn4)c4ccc(F)cc4F)(C2)C3)cn1. The van der Waals surface area contributed by atoms with Gasteiger partial charge in [-0.25, -0.2) is 27.2 Å². The molecule has 7 nitrogen and oxygen atoms in total. The lowest BCUT2D eigenvalue weighted by atomic mass is 9.30. The third-order valence-corrected chi connectivity index (χ3v) is 7.54. The number of rotatable bonds is 8. The first-order valence-corrected chi connectivity index (χ1v) is 11.2. The molecule has 0 amide bonds. The number of aromatic nitrogens is 5. The van der Waals surface area contributed by atoms with Crippen molar-refractivity contribution in [3.05, 3.63) is 65.6 Å². The fourth-order valence-electron chi connectivity index (χ4n) is 5.81. The van der Waals surface area contributed by atoms with Crippen LogP contribution in [0.3, 0.4) is 0 Å². The molecule has 37 heavy (non-hydrogen) atoms. The molecule has 0 spiro atoms. The Hall–Kier alpha value is -3.29. The van der Waals surface area contributed by atoms with Crippen LogP contribution >= 0.6 is 0 Å². The molecule has 198 valence electrons. The molecule has 2 aromatic heterocycles. The molecular formula is C23H21F7N6O. The Morgan fingerprint density at radius 2 is 1.76 bits per heavy atom. The van der Waals surface area contributed by atoms with E-state index in [1.54, 1.807) is 6.07 Å². The van der Waals surface area contributed by atoms with E-state index in [4.69, 9.17) is 0 Å². The van der Waals surface area contributed by atoms with E-state index in [0.717, 1.165) is 28.0 Å². The highest BCUT2D eigenvalue weighted by Gasteiger charge is 2.82. The zero-order valence-corrected chi connectivity index (χ0v) is 19.4. The normalized spacial score (nSPS) is 24.7. The predicted octanol–water partition coefficient (Wildman–Crippen LogP) is 3.99. The van der Waals surface area contributed by atoms with Gasteiger partial charge < -0.3 is 10.0 Å². The number of hydrogen-bond acceptors (Lipinski definition) is 6. The summed E-state index contributed by atoms with van der Waals surface area (Å²) in [5.41, 5.74) is -5.68. The lowest BCUT2D eigenvalue weighted by Gasteiger charge is -2.74. The quantitative estimate of drug-likeness (QED) is 0.444. The first-order chi connectivity index (χ1) is 17.2. The second-order valence-corrected chi connectivity index (χ2v) is 10.0. The van der Waals surface area contributed by atoms with Gasteiger partial charge in [-0.1, -0.05) is 6.07 Å². The minimum Gasteiger partial charge on any atom is -0.377 e. The van der Waals surface area contributed by atoms with E-state index in [2.05, 4.69) is 20.5 Å². The Balaban J connectivity index is 1.40. The van der Waals surface area contributed by atoms with Crippen molar-refractivity contribution in [3.63, 3.8) is 0 Å². The van der Waals surface area contributed by atoms with Gasteiger partial charge in [-0.05, 0) is 58.9 Å². The first-order valence-electron chi connectivity index (χ1n) is 11.2. The Bertz CT molecular complexity index is 1280. The molecule has 3 aromatic rings. The van der Waals surface area contributed by atoms with Crippen LogP contribution in [-0.4, -0.2) is 56.0 Å². The maximum absolute atomic E-state index is 16.2. The lowest BCUT2D eigenvalue weighted by molar-refractivity contribution is -0.347. The fraction of sp³-hybridized carbons (Fsp3) is 0.478. The fourth-order valence-corrected chi connectivity index (χ4v) is 5.81. The van der Waals surface area contributed by atoms with Crippen LogP contribution in [0.15, 0.2) is 42.9 Å². The summed E-state index contributed by atoms with van der Waals surface area (Å²) in [4.78, 5) is 4.99. The molecule has 1 aromatic carbocycles. The highest BCUT2D eigenvalue weighted by molar-refractivity contribution is 5.46. The van der Waals surface area contributed by atoms with Crippen molar-refractivity contribution in [1.29, 1.82) is 0 Å². The third-order valence-electron chi connectivity index (χ3n) is 7.54. The zero-order chi connectivity index (χ0) is 26.9. The Kier molecular flexibility index (Phi) is 5.55. The van der Waals surface area contributed by atoms with Crippen molar-refractivity contribution in [2.45, 2.75) is 48.9 Å². The smallest absolute Gasteiger partial charge is 0.377 e. The topological polar surface area (TPSA) is 80.0 Å². The molecule has 14 heteroatoms. The molecule has 2 bridgehead atoms. The van der Waals surface area contributed by atoms with E-state index in [1.807, 2.05) is 0 Å². The predicted molar refractivity (Wildman–Crippen MR) is 115 cm³/mol. The van der Waals surface area contributed by atoms with Crippen LogP contribution in [0.4, 0.5) is 36.6 Å². The second kappa shape index (κ2) is 8.10. The minimum atomic E-state index is -4.41. The van der Waals surface area contributed by atoms with E-state index < -0.39 is 58.8 Å². The van der Waals surface area contributed by atoms with Crippen molar-refractivity contribution in [2.75, 3.05) is 18.5 Å². The van der Waals surface area contributed by atoms with Crippen LogP contribution in [-0.2, 0) is 17.6 Å². The van der Waals surface area contributed by atoms with Crippen LogP contribution in [0, 0.1) is 17.0 Å². The van der Waals surface area contributed by atoms with Gasteiger partial charge >= 0.3 is 6.18 Å². The van der Waals surface area contributed by atoms with Gasteiger partial charge in [0, 0.05) is 30.3 Å². The van der Waals surface area contributed by atoms with E-state index >= 15 is 8.78 Å². The first kappa shape index (κ1) is 25.4. The summed E-state index contributed by atoms with van der Waals surface area (Å²) >= 11 is 0. The molecule has 0 unspecified atom stereocenters. The molecule has 2 heterocycles. The standard InChI is InChI=1S/C23H21F7N6O/c1-35(12-22(26,27)28)18-5-2-14(7-31-18)19-8-20(9-19,10-19)23(29,30)21(37,11-36-13-32-33-34-36)16-4-3-15(24)6-17(16)25/h2-7,13,37H,8-12H2,1H3/t19?,20?,21-/m0/s1. The number of tetrazole rings is 1. The summed E-state index contributed by atoms with van der Waals surface area (Å²) in [6.45, 7) is -2.08. The summed E-state index contributed by atoms with van der Waals surface area (Å²) in [7, 11) is 1.24. The van der Waals surface area contributed by atoms with Gasteiger partial charge in [-0.3, -0.25) is 0 Å². The van der Waals surface area contributed by atoms with Crippen molar-refractivity contribution in [2.24, 2.45) is 5.41 Å². The van der Waals surface area contributed by atoms with Gasteiger partial charge in [0.15, 0.2) is 5.60 Å². The Morgan fingerprint density at radius 1 is 1.05 bits per heavy atom.